The number of aromatic hydroxyl groups is 1. The number of hydrogen-bond acceptors (Lipinski definition) is 3. The maximum absolute atomic E-state index is 10.4. The molecule has 0 bridgehead atoms. The van der Waals surface area contributed by atoms with Crippen LogP contribution < -0.4 is 5.73 Å². The minimum atomic E-state index is -1.05. The Morgan fingerprint density at radius 3 is 2.69 bits per heavy atom. The third kappa shape index (κ3) is 2.65. The van der Waals surface area contributed by atoms with E-state index in [9.17, 15) is 4.79 Å². The molecule has 13 heavy (non-hydrogen) atoms. The summed E-state index contributed by atoms with van der Waals surface area (Å²) in [5.41, 5.74) is 5.91. The van der Waals surface area contributed by atoms with Gasteiger partial charge in [-0.15, -0.1) is 0 Å². The van der Waals surface area contributed by atoms with Crippen LogP contribution in [-0.2, 0) is 11.2 Å². The predicted octanol–water partition coefficient (Wildman–Crippen LogP) is -0.0530. The van der Waals surface area contributed by atoms with Crippen LogP contribution in [0.4, 0.5) is 0 Å². The van der Waals surface area contributed by atoms with Crippen LogP contribution in [0.15, 0.2) is 12.1 Å². The Morgan fingerprint density at radius 1 is 1.54 bits per heavy atom. The summed E-state index contributed by atoms with van der Waals surface area (Å²) in [6.45, 7) is 0. The predicted molar refractivity (Wildman–Crippen MR) is 45.1 cm³/mol. The summed E-state index contributed by atoms with van der Waals surface area (Å²) in [5.74, 6) is -1.07. The second-order valence-corrected chi connectivity index (χ2v) is 2.64. The Hall–Kier alpha value is -1.73. The molecule has 1 aromatic rings. The van der Waals surface area contributed by atoms with Crippen molar-refractivity contribution in [3.05, 3.63) is 29.8 Å². The van der Waals surface area contributed by atoms with Crippen LogP contribution in [0.5, 0.6) is 5.75 Å². The molecule has 68 valence electrons. The number of rotatable bonds is 3. The maximum Gasteiger partial charge on any atom is 0.320 e. The summed E-state index contributed by atoms with van der Waals surface area (Å²) in [7, 11) is 0. The topological polar surface area (TPSA) is 83.5 Å². The molecule has 0 amide bonds. The largest absolute Gasteiger partial charge is 0.501 e. The van der Waals surface area contributed by atoms with Crippen molar-refractivity contribution in [1.29, 1.82) is 0 Å². The molecule has 0 aromatic heterocycles. The number of carboxylic acids is 1. The second kappa shape index (κ2) is 3.78. The van der Waals surface area contributed by atoms with E-state index in [2.05, 4.69) is 12.1 Å². The fourth-order valence-corrected chi connectivity index (χ4v) is 0.850. The van der Waals surface area contributed by atoms with Crippen molar-refractivity contribution in [2.24, 2.45) is 5.73 Å². The van der Waals surface area contributed by atoms with Crippen molar-refractivity contribution in [3.63, 3.8) is 0 Å². The van der Waals surface area contributed by atoms with Gasteiger partial charge in [0, 0.05) is 12.0 Å². The van der Waals surface area contributed by atoms with E-state index >= 15 is 0 Å². The SMILES string of the molecule is N[C@@H](Cc1c#cc(O)cc1)C(=O)O. The Bertz CT molecular complexity index is 294. The lowest BCUT2D eigenvalue weighted by molar-refractivity contribution is -0.138. The first-order valence-corrected chi connectivity index (χ1v) is 3.70. The first-order valence-electron chi connectivity index (χ1n) is 3.70. The zero-order valence-electron chi connectivity index (χ0n) is 6.82. The Kier molecular flexibility index (Phi) is 2.72. The summed E-state index contributed by atoms with van der Waals surface area (Å²) in [4.78, 5) is 10.4. The molecule has 0 aliphatic heterocycles. The van der Waals surface area contributed by atoms with Crippen molar-refractivity contribution >= 4 is 5.97 Å². The standard InChI is InChI=1S/C9H9NO3/c10-8(9(12)13)5-6-1-3-7(11)4-2-6/h1,3,8,11H,5,10H2,(H,12,13)/t8-/m0/s1. The normalized spacial score (nSPS) is 11.8. The Morgan fingerprint density at radius 2 is 2.23 bits per heavy atom. The molecule has 1 aromatic carbocycles. The van der Waals surface area contributed by atoms with Gasteiger partial charge in [0.15, 0.2) is 5.75 Å². The van der Waals surface area contributed by atoms with Crippen LogP contribution in [-0.4, -0.2) is 22.2 Å². The maximum atomic E-state index is 10.4. The molecule has 4 N–H and O–H groups in total. The van der Waals surface area contributed by atoms with Gasteiger partial charge in [0.05, 0.1) is 0 Å². The summed E-state index contributed by atoms with van der Waals surface area (Å²) in [6, 6.07) is 7.08. The summed E-state index contributed by atoms with van der Waals surface area (Å²) in [6.07, 6.45) is 0.187. The van der Waals surface area contributed by atoms with Crippen molar-refractivity contribution in [3.8, 4) is 5.75 Å². The van der Waals surface area contributed by atoms with Crippen molar-refractivity contribution < 1.29 is 15.0 Å². The van der Waals surface area contributed by atoms with E-state index in [-0.39, 0.29) is 12.2 Å². The van der Waals surface area contributed by atoms with Crippen LogP contribution in [0.2, 0.25) is 0 Å². The molecule has 0 saturated heterocycles. The number of aliphatic carboxylic acids is 1. The third-order valence-electron chi connectivity index (χ3n) is 1.55. The molecule has 1 atom stereocenters. The van der Waals surface area contributed by atoms with E-state index in [4.69, 9.17) is 15.9 Å². The van der Waals surface area contributed by atoms with Crippen LogP contribution >= 0.6 is 0 Å². The van der Waals surface area contributed by atoms with E-state index in [0.717, 1.165) is 0 Å². The van der Waals surface area contributed by atoms with Gasteiger partial charge in [-0.3, -0.25) is 4.79 Å². The fraction of sp³-hybridized carbons (Fsp3) is 0.222. The van der Waals surface area contributed by atoms with E-state index in [1.54, 1.807) is 6.07 Å². The van der Waals surface area contributed by atoms with Crippen LogP contribution in [0.25, 0.3) is 0 Å². The molecular weight excluding hydrogens is 170 g/mol. The van der Waals surface area contributed by atoms with Crippen LogP contribution in [0, 0.1) is 12.1 Å². The van der Waals surface area contributed by atoms with Gasteiger partial charge in [-0.05, 0) is 18.2 Å². The van der Waals surface area contributed by atoms with Gasteiger partial charge in [0.25, 0.3) is 0 Å². The highest BCUT2D eigenvalue weighted by Gasteiger charge is 2.11. The van der Waals surface area contributed by atoms with E-state index < -0.39 is 12.0 Å². The minimum Gasteiger partial charge on any atom is -0.501 e. The molecular formula is C9H9NO3. The summed E-state index contributed by atoms with van der Waals surface area (Å²) >= 11 is 0. The van der Waals surface area contributed by atoms with E-state index in [1.165, 1.54) is 6.07 Å². The van der Waals surface area contributed by atoms with Gasteiger partial charge in [-0.2, -0.15) is 0 Å². The molecule has 0 heterocycles. The van der Waals surface area contributed by atoms with Gasteiger partial charge < -0.3 is 15.9 Å². The highest BCUT2D eigenvalue weighted by atomic mass is 16.4. The molecule has 1 rings (SSSR count). The molecule has 0 radical (unpaired) electrons. The van der Waals surface area contributed by atoms with Crippen molar-refractivity contribution in [2.45, 2.75) is 12.5 Å². The smallest absolute Gasteiger partial charge is 0.320 e. The molecule has 0 aliphatic rings. The average molecular weight is 179 g/mol. The average Bonchev–Trinajstić information content (AvgIpc) is 2.08. The highest BCUT2D eigenvalue weighted by Crippen LogP contribution is 2.05. The lowest BCUT2D eigenvalue weighted by atomic mass is 10.1. The van der Waals surface area contributed by atoms with Gasteiger partial charge >= 0.3 is 5.97 Å². The van der Waals surface area contributed by atoms with Crippen LogP contribution in [0.3, 0.4) is 0 Å². The lowest BCUT2D eigenvalue weighted by Gasteiger charge is -2.03. The van der Waals surface area contributed by atoms with E-state index in [1.807, 2.05) is 0 Å². The zero-order valence-corrected chi connectivity index (χ0v) is 6.82. The number of hydrogen-bond donors (Lipinski definition) is 3. The molecule has 0 spiro atoms. The van der Waals surface area contributed by atoms with E-state index in [0.29, 0.717) is 5.56 Å². The molecule has 0 fully saturated rings. The monoisotopic (exact) mass is 179 g/mol. The third-order valence-corrected chi connectivity index (χ3v) is 1.55. The fourth-order valence-electron chi connectivity index (χ4n) is 0.850. The highest BCUT2D eigenvalue weighted by molar-refractivity contribution is 5.73. The van der Waals surface area contributed by atoms with Crippen LogP contribution in [0.1, 0.15) is 5.56 Å². The number of carboxylic acid groups (broad SMARTS) is 1. The molecule has 4 heteroatoms. The quantitative estimate of drug-likeness (QED) is 0.607. The second-order valence-electron chi connectivity index (χ2n) is 2.64. The molecule has 0 aliphatic carbocycles. The summed E-state index contributed by atoms with van der Waals surface area (Å²) < 4.78 is 0. The van der Waals surface area contributed by atoms with Crippen molar-refractivity contribution in [2.75, 3.05) is 0 Å². The first-order chi connectivity index (χ1) is 6.09. The summed E-state index contributed by atoms with van der Waals surface area (Å²) in [5, 5.41) is 17.4. The van der Waals surface area contributed by atoms with Gasteiger partial charge in [-0.1, -0.05) is 6.07 Å². The molecule has 0 saturated carbocycles. The lowest BCUT2D eigenvalue weighted by Crippen LogP contribution is -2.32. The minimum absolute atomic E-state index is 0.0207. The van der Waals surface area contributed by atoms with Crippen molar-refractivity contribution in [1.82, 2.24) is 0 Å². The van der Waals surface area contributed by atoms with Gasteiger partial charge in [0.1, 0.15) is 6.04 Å². The Balaban J connectivity index is 2.64. The first kappa shape index (κ1) is 9.36. The molecule has 0 unspecified atom stereocenters. The zero-order chi connectivity index (χ0) is 9.84. The molecule has 4 nitrogen and oxygen atoms in total. The number of carbonyl (C=O) groups is 1. The van der Waals surface area contributed by atoms with Gasteiger partial charge in [0.2, 0.25) is 0 Å². The van der Waals surface area contributed by atoms with Gasteiger partial charge in [-0.25, -0.2) is 0 Å². The number of nitrogens with two attached hydrogens (primary N) is 1. The Labute approximate surface area is 75.6 Å².